The predicted molar refractivity (Wildman–Crippen MR) is 74.5 cm³/mol. The highest BCUT2D eigenvalue weighted by Gasteiger charge is 2.26. The molecule has 2 aliphatic rings. The molecule has 1 heterocycles. The van der Waals surface area contributed by atoms with Crippen molar-refractivity contribution >= 4 is 5.91 Å². The molecule has 3 heteroatoms. The third-order valence-corrected chi connectivity index (χ3v) is 4.54. The Labute approximate surface area is 111 Å². The SMILES string of the molecule is CCN(C(=O)CC1CCCNC1)C1CCCCC1. The van der Waals surface area contributed by atoms with Crippen LogP contribution in [0.3, 0.4) is 0 Å². The lowest BCUT2D eigenvalue weighted by atomic mass is 9.92. The van der Waals surface area contributed by atoms with Crippen molar-refractivity contribution in [3.63, 3.8) is 0 Å². The minimum atomic E-state index is 0.401. The van der Waals surface area contributed by atoms with E-state index in [0.29, 0.717) is 17.9 Å². The lowest BCUT2D eigenvalue weighted by molar-refractivity contribution is -0.135. The summed E-state index contributed by atoms with van der Waals surface area (Å²) in [6.45, 7) is 5.19. The molecule has 1 atom stereocenters. The van der Waals surface area contributed by atoms with E-state index >= 15 is 0 Å². The molecule has 1 aliphatic carbocycles. The average molecular weight is 252 g/mol. The number of hydrogen-bond acceptors (Lipinski definition) is 2. The van der Waals surface area contributed by atoms with Crippen LogP contribution in [-0.4, -0.2) is 36.5 Å². The molecule has 1 amide bonds. The van der Waals surface area contributed by atoms with Crippen LogP contribution in [0.25, 0.3) is 0 Å². The molecule has 0 aromatic carbocycles. The molecule has 1 saturated carbocycles. The van der Waals surface area contributed by atoms with Crippen molar-refractivity contribution in [2.75, 3.05) is 19.6 Å². The fraction of sp³-hybridized carbons (Fsp3) is 0.933. The van der Waals surface area contributed by atoms with Gasteiger partial charge in [-0.25, -0.2) is 0 Å². The van der Waals surface area contributed by atoms with E-state index in [2.05, 4.69) is 17.1 Å². The molecule has 1 unspecified atom stereocenters. The van der Waals surface area contributed by atoms with Gasteiger partial charge in [0.15, 0.2) is 0 Å². The summed E-state index contributed by atoms with van der Waals surface area (Å²) in [5.41, 5.74) is 0. The minimum absolute atomic E-state index is 0.401. The van der Waals surface area contributed by atoms with Gasteiger partial charge in [0, 0.05) is 19.0 Å². The van der Waals surface area contributed by atoms with Crippen LogP contribution in [0, 0.1) is 5.92 Å². The molecule has 1 aliphatic heterocycles. The van der Waals surface area contributed by atoms with E-state index in [1.54, 1.807) is 0 Å². The highest BCUT2D eigenvalue weighted by molar-refractivity contribution is 5.76. The van der Waals surface area contributed by atoms with E-state index in [4.69, 9.17) is 0 Å². The van der Waals surface area contributed by atoms with Crippen molar-refractivity contribution in [3.05, 3.63) is 0 Å². The van der Waals surface area contributed by atoms with Crippen LogP contribution in [0.1, 0.15) is 58.3 Å². The van der Waals surface area contributed by atoms with Gasteiger partial charge >= 0.3 is 0 Å². The monoisotopic (exact) mass is 252 g/mol. The molecule has 18 heavy (non-hydrogen) atoms. The maximum atomic E-state index is 12.4. The third kappa shape index (κ3) is 3.71. The van der Waals surface area contributed by atoms with E-state index < -0.39 is 0 Å². The van der Waals surface area contributed by atoms with Crippen molar-refractivity contribution in [3.8, 4) is 0 Å². The topological polar surface area (TPSA) is 32.3 Å². The van der Waals surface area contributed by atoms with Crippen LogP contribution >= 0.6 is 0 Å². The van der Waals surface area contributed by atoms with Gasteiger partial charge in [0.2, 0.25) is 5.91 Å². The van der Waals surface area contributed by atoms with Crippen molar-refractivity contribution in [2.45, 2.75) is 64.3 Å². The molecule has 104 valence electrons. The normalized spacial score (nSPS) is 25.9. The summed E-state index contributed by atoms with van der Waals surface area (Å²) in [4.78, 5) is 14.6. The van der Waals surface area contributed by atoms with Gasteiger partial charge in [-0.05, 0) is 51.6 Å². The van der Waals surface area contributed by atoms with Crippen LogP contribution in [-0.2, 0) is 4.79 Å². The third-order valence-electron chi connectivity index (χ3n) is 4.54. The fourth-order valence-corrected chi connectivity index (χ4v) is 3.49. The quantitative estimate of drug-likeness (QED) is 0.834. The first-order chi connectivity index (χ1) is 8.81. The molecule has 0 bridgehead atoms. The molecule has 0 spiro atoms. The molecule has 3 nitrogen and oxygen atoms in total. The van der Waals surface area contributed by atoms with Gasteiger partial charge in [0.25, 0.3) is 0 Å². The number of hydrogen-bond donors (Lipinski definition) is 1. The maximum absolute atomic E-state index is 12.4. The molecule has 2 rings (SSSR count). The van der Waals surface area contributed by atoms with E-state index in [9.17, 15) is 4.79 Å². The Hall–Kier alpha value is -0.570. The second-order valence-corrected chi connectivity index (χ2v) is 5.89. The molecule has 1 saturated heterocycles. The minimum Gasteiger partial charge on any atom is -0.340 e. The first kappa shape index (κ1) is 13.9. The predicted octanol–water partition coefficient (Wildman–Crippen LogP) is 2.56. The first-order valence-electron chi connectivity index (χ1n) is 7.81. The Morgan fingerprint density at radius 1 is 1.17 bits per heavy atom. The lowest BCUT2D eigenvalue weighted by Crippen LogP contribution is -2.43. The standard InChI is InChI=1S/C15H28N2O/c1-2-17(14-8-4-3-5-9-14)15(18)11-13-7-6-10-16-12-13/h13-14,16H,2-12H2,1H3. The second-order valence-electron chi connectivity index (χ2n) is 5.89. The first-order valence-corrected chi connectivity index (χ1v) is 7.81. The highest BCUT2D eigenvalue weighted by Crippen LogP contribution is 2.24. The van der Waals surface area contributed by atoms with Crippen LogP contribution in [0.2, 0.25) is 0 Å². The van der Waals surface area contributed by atoms with Gasteiger partial charge in [-0.2, -0.15) is 0 Å². The number of amides is 1. The number of carbonyl (C=O) groups excluding carboxylic acids is 1. The number of piperidine rings is 1. The van der Waals surface area contributed by atoms with Gasteiger partial charge in [0.1, 0.15) is 0 Å². The number of nitrogens with one attached hydrogen (secondary N) is 1. The van der Waals surface area contributed by atoms with Gasteiger partial charge in [-0.3, -0.25) is 4.79 Å². The fourth-order valence-electron chi connectivity index (χ4n) is 3.49. The van der Waals surface area contributed by atoms with Crippen molar-refractivity contribution < 1.29 is 4.79 Å². The van der Waals surface area contributed by atoms with Crippen LogP contribution in [0.5, 0.6) is 0 Å². The molecule has 1 N–H and O–H groups in total. The Bertz CT molecular complexity index is 255. The summed E-state index contributed by atoms with van der Waals surface area (Å²) < 4.78 is 0. The Morgan fingerprint density at radius 2 is 1.94 bits per heavy atom. The van der Waals surface area contributed by atoms with Crippen molar-refractivity contribution in [1.82, 2.24) is 10.2 Å². The van der Waals surface area contributed by atoms with E-state index in [1.807, 2.05) is 0 Å². The van der Waals surface area contributed by atoms with Crippen molar-refractivity contribution in [1.29, 1.82) is 0 Å². The summed E-state index contributed by atoms with van der Waals surface area (Å²) in [5.74, 6) is 0.974. The Balaban J connectivity index is 1.83. The second kappa shape index (κ2) is 7.13. The molecule has 0 radical (unpaired) electrons. The summed E-state index contributed by atoms with van der Waals surface area (Å²) in [6, 6.07) is 0.535. The average Bonchev–Trinajstić information content (AvgIpc) is 2.42. The zero-order valence-corrected chi connectivity index (χ0v) is 11.8. The van der Waals surface area contributed by atoms with Crippen LogP contribution in [0.15, 0.2) is 0 Å². The Morgan fingerprint density at radius 3 is 2.56 bits per heavy atom. The van der Waals surface area contributed by atoms with E-state index in [0.717, 1.165) is 26.1 Å². The van der Waals surface area contributed by atoms with Crippen LogP contribution < -0.4 is 5.32 Å². The van der Waals surface area contributed by atoms with Gasteiger partial charge in [-0.15, -0.1) is 0 Å². The van der Waals surface area contributed by atoms with Gasteiger partial charge < -0.3 is 10.2 Å². The lowest BCUT2D eigenvalue weighted by Gasteiger charge is -2.35. The summed E-state index contributed by atoms with van der Waals surface area (Å²) in [6.07, 6.45) is 9.63. The largest absolute Gasteiger partial charge is 0.340 e. The number of rotatable bonds is 4. The molecule has 0 aromatic heterocycles. The zero-order chi connectivity index (χ0) is 12.8. The van der Waals surface area contributed by atoms with Gasteiger partial charge in [-0.1, -0.05) is 19.3 Å². The summed E-state index contributed by atoms with van der Waals surface area (Å²) in [7, 11) is 0. The van der Waals surface area contributed by atoms with Gasteiger partial charge in [0.05, 0.1) is 0 Å². The molecular weight excluding hydrogens is 224 g/mol. The Kier molecular flexibility index (Phi) is 5.48. The number of carbonyl (C=O) groups is 1. The van der Waals surface area contributed by atoms with E-state index in [1.165, 1.54) is 44.9 Å². The van der Waals surface area contributed by atoms with Crippen LogP contribution in [0.4, 0.5) is 0 Å². The van der Waals surface area contributed by atoms with E-state index in [-0.39, 0.29) is 0 Å². The summed E-state index contributed by atoms with van der Waals surface area (Å²) >= 11 is 0. The maximum Gasteiger partial charge on any atom is 0.223 e. The van der Waals surface area contributed by atoms with Crippen molar-refractivity contribution in [2.24, 2.45) is 5.92 Å². The molecular formula is C15H28N2O. The number of nitrogens with zero attached hydrogens (tertiary/aromatic N) is 1. The smallest absolute Gasteiger partial charge is 0.223 e. The summed E-state index contributed by atoms with van der Waals surface area (Å²) in [5, 5.41) is 3.41. The highest BCUT2D eigenvalue weighted by atomic mass is 16.2. The molecule has 0 aromatic rings. The zero-order valence-electron chi connectivity index (χ0n) is 11.8. The molecule has 2 fully saturated rings.